The van der Waals surface area contributed by atoms with Crippen molar-refractivity contribution in [1.82, 2.24) is 4.98 Å². The second-order valence-electron chi connectivity index (χ2n) is 5.80. The Bertz CT molecular complexity index is 838. The van der Waals surface area contributed by atoms with E-state index in [0.717, 1.165) is 47.8 Å². The van der Waals surface area contributed by atoms with Gasteiger partial charge in [0.25, 0.3) is 0 Å². The number of nitrogens with zero attached hydrogens (tertiary/aromatic N) is 2. The highest BCUT2D eigenvalue weighted by Crippen LogP contribution is 2.40. The molecule has 4 heteroatoms. The third-order valence-corrected chi connectivity index (χ3v) is 4.11. The smallest absolute Gasteiger partial charge is 0.226 e. The molecular formula is C21H22N2O2. The summed E-state index contributed by atoms with van der Waals surface area (Å²) in [5.41, 5.74) is 4.09. The summed E-state index contributed by atoms with van der Waals surface area (Å²) < 4.78 is 11.8. The maximum absolute atomic E-state index is 5.99. The number of ether oxygens (including phenoxy) is 2. The lowest BCUT2D eigenvalue weighted by Gasteiger charge is -2.12. The van der Waals surface area contributed by atoms with Crippen LogP contribution in [0.5, 0.6) is 11.6 Å². The average molecular weight is 334 g/mol. The molecule has 0 spiro atoms. The van der Waals surface area contributed by atoms with E-state index < -0.39 is 0 Å². The Labute approximate surface area is 148 Å². The average Bonchev–Trinajstić information content (AvgIpc) is 3.12. The SMILES string of the molecule is C=N/C(=C\C=C(/C)Oc1ncccc1-c1cccc2c1OCC2)CC. The number of aliphatic imine (C=N–C) groups is 1. The predicted octanol–water partition coefficient (Wildman–Crippen LogP) is 4.96. The van der Waals surface area contributed by atoms with Crippen LogP contribution < -0.4 is 9.47 Å². The number of para-hydroxylation sites is 1. The first-order chi connectivity index (χ1) is 12.2. The summed E-state index contributed by atoms with van der Waals surface area (Å²) in [4.78, 5) is 8.38. The number of hydrogen-bond acceptors (Lipinski definition) is 4. The Morgan fingerprint density at radius 2 is 2.12 bits per heavy atom. The predicted molar refractivity (Wildman–Crippen MR) is 101 cm³/mol. The fourth-order valence-electron chi connectivity index (χ4n) is 2.79. The monoisotopic (exact) mass is 334 g/mol. The molecule has 0 radical (unpaired) electrons. The minimum absolute atomic E-state index is 0.568. The highest BCUT2D eigenvalue weighted by Gasteiger charge is 2.19. The number of pyridine rings is 1. The molecular weight excluding hydrogens is 312 g/mol. The van der Waals surface area contributed by atoms with E-state index in [0.29, 0.717) is 5.88 Å². The number of fused-ring (bicyclic) bond motifs is 1. The molecule has 1 aromatic carbocycles. The number of rotatable bonds is 6. The first-order valence-corrected chi connectivity index (χ1v) is 8.45. The molecule has 1 aromatic heterocycles. The summed E-state index contributed by atoms with van der Waals surface area (Å²) >= 11 is 0. The van der Waals surface area contributed by atoms with Gasteiger partial charge >= 0.3 is 0 Å². The fraction of sp³-hybridized carbons (Fsp3) is 0.238. The lowest BCUT2D eigenvalue weighted by atomic mass is 10.0. The molecule has 0 aliphatic carbocycles. The van der Waals surface area contributed by atoms with Gasteiger partial charge in [0, 0.05) is 29.4 Å². The second-order valence-corrected chi connectivity index (χ2v) is 5.80. The largest absolute Gasteiger partial charge is 0.492 e. The van der Waals surface area contributed by atoms with Gasteiger partial charge in [0.05, 0.1) is 6.61 Å². The molecule has 0 bridgehead atoms. The standard InChI is InChI=1S/C21H22N2O2/c1-4-17(22-3)11-10-15(2)25-21-19(9-6-13-23-21)18-8-5-7-16-12-14-24-20(16)18/h5-11,13H,3-4,12,14H2,1-2H3/b15-10+,17-11-. The van der Waals surface area contributed by atoms with Gasteiger partial charge in [-0.1, -0.05) is 25.1 Å². The Hall–Kier alpha value is -2.88. The molecule has 0 saturated heterocycles. The van der Waals surface area contributed by atoms with Crippen molar-refractivity contribution in [1.29, 1.82) is 0 Å². The van der Waals surface area contributed by atoms with E-state index in [2.05, 4.69) is 22.8 Å². The highest BCUT2D eigenvalue weighted by atomic mass is 16.5. The summed E-state index contributed by atoms with van der Waals surface area (Å²) in [7, 11) is 0. The molecule has 25 heavy (non-hydrogen) atoms. The van der Waals surface area contributed by atoms with Gasteiger partial charge in [-0.15, -0.1) is 0 Å². The molecule has 1 aliphatic heterocycles. The normalized spacial score (nSPS) is 14.0. The van der Waals surface area contributed by atoms with Crippen LogP contribution in [-0.4, -0.2) is 18.3 Å². The second kappa shape index (κ2) is 7.79. The van der Waals surface area contributed by atoms with Crippen LogP contribution in [0, 0.1) is 0 Å². The van der Waals surface area contributed by atoms with Crippen molar-refractivity contribution in [2.24, 2.45) is 4.99 Å². The van der Waals surface area contributed by atoms with Crippen molar-refractivity contribution >= 4 is 6.72 Å². The molecule has 2 heterocycles. The molecule has 0 fully saturated rings. The van der Waals surface area contributed by atoms with E-state index in [4.69, 9.17) is 9.47 Å². The van der Waals surface area contributed by atoms with Crippen molar-refractivity contribution in [3.8, 4) is 22.8 Å². The van der Waals surface area contributed by atoms with Crippen molar-refractivity contribution in [2.75, 3.05) is 6.61 Å². The molecule has 4 nitrogen and oxygen atoms in total. The van der Waals surface area contributed by atoms with Crippen molar-refractivity contribution in [3.63, 3.8) is 0 Å². The number of hydrogen-bond donors (Lipinski definition) is 0. The first kappa shape index (κ1) is 17.0. The lowest BCUT2D eigenvalue weighted by Crippen LogP contribution is -1.97. The first-order valence-electron chi connectivity index (χ1n) is 8.45. The number of allylic oxidation sites excluding steroid dienone is 4. The third kappa shape index (κ3) is 3.79. The molecule has 0 unspecified atom stereocenters. The van der Waals surface area contributed by atoms with Gasteiger partial charge in [-0.2, -0.15) is 0 Å². The Kier molecular flexibility index (Phi) is 5.29. The molecule has 0 saturated carbocycles. The summed E-state index contributed by atoms with van der Waals surface area (Å²) in [6.45, 7) is 8.23. The van der Waals surface area contributed by atoms with Crippen LogP contribution in [0.4, 0.5) is 0 Å². The van der Waals surface area contributed by atoms with Gasteiger partial charge in [0.2, 0.25) is 5.88 Å². The summed E-state index contributed by atoms with van der Waals surface area (Å²) in [5, 5.41) is 0. The zero-order valence-corrected chi connectivity index (χ0v) is 14.7. The molecule has 1 aliphatic rings. The van der Waals surface area contributed by atoms with Crippen LogP contribution >= 0.6 is 0 Å². The maximum Gasteiger partial charge on any atom is 0.226 e. The van der Waals surface area contributed by atoms with E-state index in [9.17, 15) is 0 Å². The zero-order valence-electron chi connectivity index (χ0n) is 14.7. The molecule has 128 valence electrons. The van der Waals surface area contributed by atoms with Crippen LogP contribution in [0.3, 0.4) is 0 Å². The van der Waals surface area contributed by atoms with Crippen LogP contribution in [0.15, 0.2) is 65.1 Å². The van der Waals surface area contributed by atoms with E-state index in [1.165, 1.54) is 5.56 Å². The van der Waals surface area contributed by atoms with Crippen molar-refractivity contribution in [3.05, 3.63) is 65.7 Å². The molecule has 0 N–H and O–H groups in total. The molecule has 2 aromatic rings. The molecule has 0 amide bonds. The Morgan fingerprint density at radius 1 is 1.28 bits per heavy atom. The Morgan fingerprint density at radius 3 is 2.92 bits per heavy atom. The van der Waals surface area contributed by atoms with Crippen LogP contribution in [0.1, 0.15) is 25.8 Å². The van der Waals surface area contributed by atoms with E-state index >= 15 is 0 Å². The summed E-state index contributed by atoms with van der Waals surface area (Å²) in [6.07, 6.45) is 7.30. The van der Waals surface area contributed by atoms with Crippen LogP contribution in [0.2, 0.25) is 0 Å². The number of benzene rings is 1. The quantitative estimate of drug-likeness (QED) is 0.426. The topological polar surface area (TPSA) is 43.7 Å². The van der Waals surface area contributed by atoms with Gasteiger partial charge in [0.15, 0.2) is 0 Å². The molecule has 3 rings (SSSR count). The minimum atomic E-state index is 0.568. The van der Waals surface area contributed by atoms with Gasteiger partial charge < -0.3 is 9.47 Å². The van der Waals surface area contributed by atoms with E-state index in [1.54, 1.807) is 6.20 Å². The van der Waals surface area contributed by atoms with Crippen molar-refractivity contribution < 1.29 is 9.47 Å². The van der Waals surface area contributed by atoms with Gasteiger partial charge in [-0.3, -0.25) is 4.99 Å². The van der Waals surface area contributed by atoms with Crippen LogP contribution in [-0.2, 0) is 6.42 Å². The Balaban J connectivity index is 1.93. The summed E-state index contributed by atoms with van der Waals surface area (Å²) in [5.74, 6) is 2.24. The number of aromatic nitrogens is 1. The minimum Gasteiger partial charge on any atom is -0.492 e. The molecule has 0 atom stereocenters. The third-order valence-electron chi connectivity index (χ3n) is 4.11. The van der Waals surface area contributed by atoms with Gasteiger partial charge in [-0.25, -0.2) is 4.98 Å². The maximum atomic E-state index is 5.99. The fourth-order valence-corrected chi connectivity index (χ4v) is 2.79. The lowest BCUT2D eigenvalue weighted by molar-refractivity contribution is 0.357. The summed E-state index contributed by atoms with van der Waals surface area (Å²) in [6, 6.07) is 10.1. The highest BCUT2D eigenvalue weighted by molar-refractivity contribution is 5.76. The van der Waals surface area contributed by atoms with Crippen LogP contribution in [0.25, 0.3) is 11.1 Å². The zero-order chi connectivity index (χ0) is 17.6. The van der Waals surface area contributed by atoms with E-state index in [-0.39, 0.29) is 0 Å². The van der Waals surface area contributed by atoms with Gasteiger partial charge in [-0.05, 0) is 49.9 Å². The van der Waals surface area contributed by atoms with E-state index in [1.807, 2.05) is 50.3 Å². The van der Waals surface area contributed by atoms with Crippen molar-refractivity contribution in [2.45, 2.75) is 26.7 Å². The van der Waals surface area contributed by atoms with Gasteiger partial charge in [0.1, 0.15) is 11.5 Å².